The number of nitrogens with zero attached hydrogens (tertiary/aromatic N) is 4. The number of hydrogen-bond acceptors (Lipinski definition) is 5. The van der Waals surface area contributed by atoms with Gasteiger partial charge in [0.25, 0.3) is 5.91 Å². The molecule has 2 aromatic rings. The highest BCUT2D eigenvalue weighted by Gasteiger charge is 2.34. The van der Waals surface area contributed by atoms with Gasteiger partial charge < -0.3 is 24.5 Å². The maximum Gasteiger partial charge on any atom is 0.259 e. The molecule has 1 aliphatic heterocycles. The summed E-state index contributed by atoms with van der Waals surface area (Å²) in [6.07, 6.45) is 7.37. The molecule has 0 aromatic carbocycles. The number of anilines is 1. The van der Waals surface area contributed by atoms with Crippen LogP contribution in [-0.2, 0) is 4.79 Å². The molecule has 7 heteroatoms. The minimum atomic E-state index is -0.120. The van der Waals surface area contributed by atoms with Crippen molar-refractivity contribution >= 4 is 28.9 Å². The number of aromatic amines is 1. The van der Waals surface area contributed by atoms with Gasteiger partial charge in [-0.05, 0) is 40.1 Å². The second-order valence-corrected chi connectivity index (χ2v) is 7.26. The predicted octanol–water partition coefficient (Wildman–Crippen LogP) is 2.74. The lowest BCUT2D eigenvalue weighted by molar-refractivity contribution is -0.108. The zero-order valence-corrected chi connectivity index (χ0v) is 17.0. The summed E-state index contributed by atoms with van der Waals surface area (Å²) in [6, 6.07) is 2.30. The molecule has 1 unspecified atom stereocenters. The van der Waals surface area contributed by atoms with E-state index in [9.17, 15) is 9.59 Å². The quantitative estimate of drug-likeness (QED) is 0.788. The van der Waals surface area contributed by atoms with E-state index in [0.29, 0.717) is 18.3 Å². The topological polar surface area (TPSA) is 72.5 Å². The smallest absolute Gasteiger partial charge is 0.259 e. The van der Waals surface area contributed by atoms with Gasteiger partial charge in [0.2, 0.25) is 0 Å². The number of aldehydes is 1. The molecule has 1 N–H and O–H groups in total. The maximum absolute atomic E-state index is 12.7. The van der Waals surface area contributed by atoms with Gasteiger partial charge in [-0.15, -0.1) is 0 Å². The molecule has 27 heavy (non-hydrogen) atoms. The molecule has 1 amide bonds. The summed E-state index contributed by atoms with van der Waals surface area (Å²) in [4.78, 5) is 36.9. The van der Waals surface area contributed by atoms with Crippen LogP contribution in [-0.4, -0.2) is 72.4 Å². The van der Waals surface area contributed by atoms with Crippen molar-refractivity contribution in [2.75, 3.05) is 39.3 Å². The van der Waals surface area contributed by atoms with Gasteiger partial charge in [-0.1, -0.05) is 20.3 Å². The molecule has 0 fully saturated rings. The van der Waals surface area contributed by atoms with Crippen molar-refractivity contribution in [2.24, 2.45) is 0 Å². The summed E-state index contributed by atoms with van der Waals surface area (Å²) in [5, 5.41) is 0.969. The largest absolute Gasteiger partial charge is 0.349 e. The molecule has 3 rings (SSSR count). The van der Waals surface area contributed by atoms with Crippen LogP contribution in [0.4, 0.5) is 5.69 Å². The molecule has 0 spiro atoms. The van der Waals surface area contributed by atoms with E-state index < -0.39 is 0 Å². The number of carbonyl (C=O) groups excluding carboxylic acids is 2. The number of hydrogen-bond donors (Lipinski definition) is 1. The highest BCUT2D eigenvalue weighted by atomic mass is 16.2. The molecule has 0 radical (unpaired) electrons. The second-order valence-electron chi connectivity index (χ2n) is 7.26. The van der Waals surface area contributed by atoms with Crippen LogP contribution in [0.25, 0.3) is 11.0 Å². The van der Waals surface area contributed by atoms with Crippen LogP contribution >= 0.6 is 0 Å². The number of nitrogens with one attached hydrogen (secondary N) is 1. The van der Waals surface area contributed by atoms with E-state index in [-0.39, 0.29) is 12.5 Å². The molecule has 0 bridgehead atoms. The zero-order valence-electron chi connectivity index (χ0n) is 17.0. The third-order valence-corrected chi connectivity index (χ3v) is 4.51. The van der Waals surface area contributed by atoms with E-state index in [0.717, 1.165) is 42.3 Å². The first-order valence-corrected chi connectivity index (χ1v) is 9.51. The molecule has 0 saturated carbocycles. The van der Waals surface area contributed by atoms with Crippen LogP contribution in [0.15, 0.2) is 18.5 Å². The van der Waals surface area contributed by atoms with Gasteiger partial charge in [-0.25, -0.2) is 4.98 Å². The average Bonchev–Trinajstić information content (AvgIpc) is 3.10. The molecular weight excluding hydrogens is 342 g/mol. The van der Waals surface area contributed by atoms with Crippen LogP contribution in [0.2, 0.25) is 0 Å². The van der Waals surface area contributed by atoms with E-state index in [1.54, 1.807) is 11.1 Å². The summed E-state index contributed by atoms with van der Waals surface area (Å²) in [5.41, 5.74) is 2.32. The van der Waals surface area contributed by atoms with E-state index in [2.05, 4.69) is 28.7 Å². The Morgan fingerprint density at radius 3 is 2.63 bits per heavy atom. The molecule has 148 valence electrons. The van der Waals surface area contributed by atoms with E-state index in [1.807, 2.05) is 38.3 Å². The first-order chi connectivity index (χ1) is 12.9. The highest BCUT2D eigenvalue weighted by Crippen LogP contribution is 2.36. The van der Waals surface area contributed by atoms with Gasteiger partial charge in [0, 0.05) is 23.8 Å². The number of aromatic nitrogens is 2. The number of pyridine rings is 1. The molecule has 7 nitrogen and oxygen atoms in total. The van der Waals surface area contributed by atoms with Crippen LogP contribution in [0.3, 0.4) is 0 Å². The molecule has 2 aromatic heterocycles. The van der Waals surface area contributed by atoms with Gasteiger partial charge >= 0.3 is 0 Å². The first kappa shape index (κ1) is 20.9. The second kappa shape index (κ2) is 9.50. The minimum absolute atomic E-state index is 0.114. The fourth-order valence-corrected chi connectivity index (χ4v) is 3.39. The van der Waals surface area contributed by atoms with Gasteiger partial charge in [0.1, 0.15) is 11.9 Å². The number of amides is 1. The lowest BCUT2D eigenvalue weighted by Gasteiger charge is -2.42. The Kier molecular flexibility index (Phi) is 7.36. The molecule has 0 aliphatic carbocycles. The van der Waals surface area contributed by atoms with E-state index in [4.69, 9.17) is 0 Å². The highest BCUT2D eigenvalue weighted by molar-refractivity contribution is 6.09. The number of rotatable bonds is 6. The third-order valence-electron chi connectivity index (χ3n) is 4.51. The van der Waals surface area contributed by atoms with Gasteiger partial charge in [0.05, 0.1) is 24.5 Å². The van der Waals surface area contributed by atoms with Crippen LogP contribution in [0.5, 0.6) is 0 Å². The Bertz CT molecular complexity index is 768. The fourth-order valence-electron chi connectivity index (χ4n) is 3.39. The van der Waals surface area contributed by atoms with Gasteiger partial charge in [0.15, 0.2) is 0 Å². The third kappa shape index (κ3) is 4.66. The number of carbonyl (C=O) groups is 2. The molecule has 1 atom stereocenters. The van der Waals surface area contributed by atoms with Crippen molar-refractivity contribution in [3.63, 3.8) is 0 Å². The molecule has 3 heterocycles. The predicted molar refractivity (Wildman–Crippen MR) is 109 cm³/mol. The lowest BCUT2D eigenvalue weighted by Crippen LogP contribution is -2.51. The lowest BCUT2D eigenvalue weighted by atomic mass is 10.0. The normalized spacial score (nSPS) is 14.8. The minimum Gasteiger partial charge on any atom is -0.349 e. The van der Waals surface area contributed by atoms with Gasteiger partial charge in [-0.2, -0.15) is 0 Å². The van der Waals surface area contributed by atoms with Crippen molar-refractivity contribution in [3.05, 3.63) is 24.0 Å². The van der Waals surface area contributed by atoms with Crippen LogP contribution in [0.1, 0.15) is 43.5 Å². The van der Waals surface area contributed by atoms with Crippen molar-refractivity contribution in [1.29, 1.82) is 0 Å². The van der Waals surface area contributed by atoms with Crippen molar-refractivity contribution in [3.8, 4) is 0 Å². The molecular formula is C20H31N5O2. The SMILES string of the molecule is CCCC(CC)N1CN(CC=O)C(=O)c2cnc3[nH]ccc3c21.CN(C)C. The van der Waals surface area contributed by atoms with Crippen LogP contribution < -0.4 is 4.90 Å². The summed E-state index contributed by atoms with van der Waals surface area (Å²) < 4.78 is 0. The number of H-pyrrole nitrogens is 1. The summed E-state index contributed by atoms with van der Waals surface area (Å²) in [5.74, 6) is -0.120. The Labute approximate surface area is 161 Å². The fraction of sp³-hybridized carbons (Fsp3) is 0.550. The average molecular weight is 374 g/mol. The zero-order chi connectivity index (χ0) is 20.0. The molecule has 0 saturated heterocycles. The summed E-state index contributed by atoms with van der Waals surface area (Å²) in [7, 11) is 6.00. The van der Waals surface area contributed by atoms with E-state index in [1.165, 1.54) is 0 Å². The maximum atomic E-state index is 12.7. The Morgan fingerprint density at radius 1 is 1.33 bits per heavy atom. The van der Waals surface area contributed by atoms with Crippen molar-refractivity contribution < 1.29 is 9.59 Å². The van der Waals surface area contributed by atoms with Crippen molar-refractivity contribution in [2.45, 2.75) is 39.2 Å². The Balaban J connectivity index is 0.000000596. The van der Waals surface area contributed by atoms with Crippen molar-refractivity contribution in [1.82, 2.24) is 19.8 Å². The Morgan fingerprint density at radius 2 is 2.04 bits per heavy atom. The number of fused-ring (bicyclic) bond motifs is 3. The monoisotopic (exact) mass is 373 g/mol. The molecule has 1 aliphatic rings. The van der Waals surface area contributed by atoms with E-state index >= 15 is 0 Å². The summed E-state index contributed by atoms with van der Waals surface area (Å²) >= 11 is 0. The Hall–Kier alpha value is -2.41. The van der Waals surface area contributed by atoms with Crippen LogP contribution in [0, 0.1) is 0 Å². The first-order valence-electron chi connectivity index (χ1n) is 9.51. The van der Waals surface area contributed by atoms with Gasteiger partial charge in [-0.3, -0.25) is 4.79 Å². The standard InChI is InChI=1S/C17H22N4O2.C3H9N/c1-3-5-12(4-2)21-11-20(8-9-22)17(23)14-10-19-16-13(15(14)21)6-7-18-16;1-4(2)3/h6-7,9-10,12H,3-5,8,11H2,1-2H3,(H,18,19);1-3H3. The summed E-state index contributed by atoms with van der Waals surface area (Å²) in [6.45, 7) is 4.90.